The van der Waals surface area contributed by atoms with Gasteiger partial charge >= 0.3 is 0 Å². The highest BCUT2D eigenvalue weighted by Crippen LogP contribution is 2.15. The molecule has 0 aliphatic rings. The third-order valence-electron chi connectivity index (χ3n) is 1.86. The molecule has 16 heavy (non-hydrogen) atoms. The van der Waals surface area contributed by atoms with Crippen molar-refractivity contribution in [2.24, 2.45) is 5.73 Å². The van der Waals surface area contributed by atoms with E-state index < -0.39 is 11.9 Å². The number of nitrogens with one attached hydrogen (secondary N) is 1. The molecule has 0 aliphatic heterocycles. The van der Waals surface area contributed by atoms with Crippen molar-refractivity contribution in [3.63, 3.8) is 0 Å². The van der Waals surface area contributed by atoms with E-state index in [-0.39, 0.29) is 23.3 Å². The van der Waals surface area contributed by atoms with E-state index in [0.29, 0.717) is 6.54 Å². The second-order valence-electron chi connectivity index (χ2n) is 3.25. The highest BCUT2D eigenvalue weighted by atomic mass is 35.5. The first kappa shape index (κ1) is 15.2. The fraction of sp³-hybridized carbons (Fsp3) is 0.300. The molecule has 1 amide bonds. The molecule has 1 aromatic carbocycles. The van der Waals surface area contributed by atoms with Gasteiger partial charge in [-0.15, -0.1) is 12.4 Å². The Balaban J connectivity index is 0.00000225. The maximum absolute atomic E-state index is 12.8. The van der Waals surface area contributed by atoms with Gasteiger partial charge in [-0.3, -0.25) is 4.79 Å². The lowest BCUT2D eigenvalue weighted by Crippen LogP contribution is -2.37. The zero-order chi connectivity index (χ0) is 11.4. The van der Waals surface area contributed by atoms with Crippen molar-refractivity contribution in [2.45, 2.75) is 19.5 Å². The summed E-state index contributed by atoms with van der Waals surface area (Å²) in [5.41, 5.74) is 6.09. The lowest BCUT2D eigenvalue weighted by Gasteiger charge is -2.07. The molecule has 3 N–H and O–H groups in total. The van der Waals surface area contributed by atoms with Gasteiger partial charge in [0.1, 0.15) is 5.82 Å². The molecule has 0 aromatic heterocycles. The molecule has 0 saturated heterocycles. The fourth-order valence-corrected chi connectivity index (χ4v) is 1.20. The molecule has 1 aromatic rings. The Bertz CT molecular complexity index is 372. The first-order valence-corrected chi connectivity index (χ1v) is 4.85. The molecule has 0 radical (unpaired) electrons. The number of rotatable bonds is 3. The predicted octanol–water partition coefficient (Wildman–Crippen LogP) is 1.86. The minimum absolute atomic E-state index is 0. The number of carbonyl (C=O) groups excluding carboxylic acids is 1. The quantitative estimate of drug-likeness (QED) is 0.878. The Morgan fingerprint density at radius 3 is 2.75 bits per heavy atom. The predicted molar refractivity (Wildman–Crippen MR) is 64.2 cm³/mol. The summed E-state index contributed by atoms with van der Waals surface area (Å²) >= 11 is 5.58. The van der Waals surface area contributed by atoms with Crippen LogP contribution < -0.4 is 11.1 Å². The molecule has 0 heterocycles. The van der Waals surface area contributed by atoms with Gasteiger partial charge in [0.15, 0.2) is 0 Å². The molecule has 0 bridgehead atoms. The first-order valence-electron chi connectivity index (χ1n) is 4.48. The lowest BCUT2D eigenvalue weighted by atomic mass is 10.2. The minimum Gasteiger partial charge on any atom is -0.351 e. The van der Waals surface area contributed by atoms with Crippen LogP contribution >= 0.6 is 24.0 Å². The molecule has 0 aliphatic carbocycles. The van der Waals surface area contributed by atoms with Crippen LogP contribution in [0.2, 0.25) is 5.02 Å². The van der Waals surface area contributed by atoms with Crippen LogP contribution in [-0.2, 0) is 11.3 Å². The topological polar surface area (TPSA) is 55.1 Å². The van der Waals surface area contributed by atoms with Gasteiger partial charge in [0.05, 0.1) is 11.1 Å². The van der Waals surface area contributed by atoms with Crippen molar-refractivity contribution < 1.29 is 9.18 Å². The maximum Gasteiger partial charge on any atom is 0.236 e. The van der Waals surface area contributed by atoms with E-state index in [4.69, 9.17) is 17.3 Å². The zero-order valence-electron chi connectivity index (χ0n) is 8.67. The summed E-state index contributed by atoms with van der Waals surface area (Å²) in [6.07, 6.45) is 0. The first-order chi connectivity index (χ1) is 7.00. The largest absolute Gasteiger partial charge is 0.351 e. The molecule has 1 atom stereocenters. The molecule has 3 nitrogen and oxygen atoms in total. The monoisotopic (exact) mass is 266 g/mol. The number of carbonyl (C=O) groups is 1. The standard InChI is InChI=1S/C10H12ClFN2O.ClH/c1-6(13)10(15)14-5-7-2-3-9(12)8(11)4-7;/h2-4,6H,5,13H2,1H3,(H,14,15);1H. The Labute approximate surface area is 105 Å². The smallest absolute Gasteiger partial charge is 0.236 e. The average molecular weight is 267 g/mol. The number of benzene rings is 1. The van der Waals surface area contributed by atoms with E-state index in [1.54, 1.807) is 13.0 Å². The lowest BCUT2D eigenvalue weighted by molar-refractivity contribution is -0.122. The number of hydrogen-bond acceptors (Lipinski definition) is 2. The molecule has 0 fully saturated rings. The van der Waals surface area contributed by atoms with Gasteiger partial charge < -0.3 is 11.1 Å². The summed E-state index contributed by atoms with van der Waals surface area (Å²) in [5, 5.41) is 2.64. The van der Waals surface area contributed by atoms with Crippen molar-refractivity contribution in [1.82, 2.24) is 5.32 Å². The number of nitrogens with two attached hydrogens (primary N) is 1. The molecule has 1 unspecified atom stereocenters. The van der Waals surface area contributed by atoms with Crippen molar-refractivity contribution in [1.29, 1.82) is 0 Å². The van der Waals surface area contributed by atoms with Crippen LogP contribution in [0, 0.1) is 5.82 Å². The normalized spacial score (nSPS) is 11.5. The molecule has 6 heteroatoms. The average Bonchev–Trinajstić information content (AvgIpc) is 2.19. The molecule has 1 rings (SSSR count). The van der Waals surface area contributed by atoms with E-state index in [2.05, 4.69) is 5.32 Å². The molecular weight excluding hydrogens is 254 g/mol. The summed E-state index contributed by atoms with van der Waals surface area (Å²) in [7, 11) is 0. The van der Waals surface area contributed by atoms with Crippen LogP contribution in [0.1, 0.15) is 12.5 Å². The van der Waals surface area contributed by atoms with Gasteiger partial charge in [-0.2, -0.15) is 0 Å². The summed E-state index contributed by atoms with van der Waals surface area (Å²) in [6.45, 7) is 1.88. The van der Waals surface area contributed by atoms with Gasteiger partial charge in [-0.05, 0) is 24.6 Å². The van der Waals surface area contributed by atoms with Crippen molar-refractivity contribution in [3.8, 4) is 0 Å². The van der Waals surface area contributed by atoms with Gasteiger partial charge in [0.25, 0.3) is 0 Å². The third kappa shape index (κ3) is 4.35. The van der Waals surface area contributed by atoms with E-state index in [1.807, 2.05) is 0 Å². The van der Waals surface area contributed by atoms with Crippen LogP contribution in [-0.4, -0.2) is 11.9 Å². The highest BCUT2D eigenvalue weighted by Gasteiger charge is 2.07. The molecule has 0 saturated carbocycles. The van der Waals surface area contributed by atoms with Gasteiger partial charge in [0.2, 0.25) is 5.91 Å². The highest BCUT2D eigenvalue weighted by molar-refractivity contribution is 6.30. The Kier molecular flexibility index (Phi) is 6.33. The fourth-order valence-electron chi connectivity index (χ4n) is 1.000. The number of amides is 1. The SMILES string of the molecule is CC(N)C(=O)NCc1ccc(F)c(Cl)c1.Cl. The van der Waals surface area contributed by atoms with Gasteiger partial charge in [-0.1, -0.05) is 17.7 Å². The van der Waals surface area contributed by atoms with Crippen molar-refractivity contribution >= 4 is 29.9 Å². The number of hydrogen-bond donors (Lipinski definition) is 2. The van der Waals surface area contributed by atoms with Crippen LogP contribution in [0.15, 0.2) is 18.2 Å². The van der Waals surface area contributed by atoms with E-state index in [9.17, 15) is 9.18 Å². The van der Waals surface area contributed by atoms with Gasteiger partial charge in [0, 0.05) is 6.54 Å². The number of halogens is 3. The molecule has 0 spiro atoms. The van der Waals surface area contributed by atoms with Crippen LogP contribution in [0.4, 0.5) is 4.39 Å². The van der Waals surface area contributed by atoms with Crippen LogP contribution in [0.25, 0.3) is 0 Å². The Hall–Kier alpha value is -0.840. The minimum atomic E-state index is -0.555. The Morgan fingerprint density at radius 2 is 2.25 bits per heavy atom. The summed E-state index contributed by atoms with van der Waals surface area (Å²) in [6, 6.07) is 3.73. The van der Waals surface area contributed by atoms with E-state index in [1.165, 1.54) is 12.1 Å². The van der Waals surface area contributed by atoms with Crippen LogP contribution in [0.3, 0.4) is 0 Å². The van der Waals surface area contributed by atoms with Crippen molar-refractivity contribution in [3.05, 3.63) is 34.6 Å². The summed E-state index contributed by atoms with van der Waals surface area (Å²) in [4.78, 5) is 11.1. The van der Waals surface area contributed by atoms with E-state index >= 15 is 0 Å². The third-order valence-corrected chi connectivity index (χ3v) is 2.15. The molecule has 90 valence electrons. The van der Waals surface area contributed by atoms with Crippen LogP contribution in [0.5, 0.6) is 0 Å². The molecular formula is C10H13Cl2FN2O. The second-order valence-corrected chi connectivity index (χ2v) is 3.66. The van der Waals surface area contributed by atoms with E-state index in [0.717, 1.165) is 5.56 Å². The maximum atomic E-state index is 12.8. The summed E-state index contributed by atoms with van der Waals surface area (Å²) < 4.78 is 12.8. The summed E-state index contributed by atoms with van der Waals surface area (Å²) in [5.74, 6) is -0.727. The van der Waals surface area contributed by atoms with Gasteiger partial charge in [-0.25, -0.2) is 4.39 Å². The van der Waals surface area contributed by atoms with Crippen molar-refractivity contribution in [2.75, 3.05) is 0 Å². The second kappa shape index (κ2) is 6.68. The Morgan fingerprint density at radius 1 is 1.62 bits per heavy atom. The zero-order valence-corrected chi connectivity index (χ0v) is 10.2.